The minimum Gasteiger partial charge on any atom is -0.248 e. The highest BCUT2D eigenvalue weighted by molar-refractivity contribution is 8.13. The van der Waals surface area contributed by atoms with Gasteiger partial charge in [0.25, 0.3) is 9.05 Å². The zero-order valence-electron chi connectivity index (χ0n) is 11.1. The molecular weight excluding hydrogens is 319 g/mol. The molecule has 0 bridgehead atoms. The van der Waals surface area contributed by atoms with Crippen LogP contribution in [0.15, 0.2) is 29.2 Å². The second kappa shape index (κ2) is 5.76. The van der Waals surface area contributed by atoms with Crippen molar-refractivity contribution in [3.05, 3.63) is 46.2 Å². The van der Waals surface area contributed by atoms with Gasteiger partial charge >= 0.3 is 0 Å². The Kier molecular flexibility index (Phi) is 4.42. The number of aromatic nitrogens is 2. The van der Waals surface area contributed by atoms with Crippen LogP contribution in [0.5, 0.6) is 0 Å². The SMILES string of the molecule is CCc1nn(Cc2ccc(C)cc2)c(Cl)c1S(=O)(=O)Cl. The van der Waals surface area contributed by atoms with E-state index < -0.39 is 9.05 Å². The third-order valence-corrected chi connectivity index (χ3v) is 4.82. The number of rotatable bonds is 4. The van der Waals surface area contributed by atoms with Gasteiger partial charge in [-0.2, -0.15) is 5.10 Å². The summed E-state index contributed by atoms with van der Waals surface area (Å²) < 4.78 is 24.6. The van der Waals surface area contributed by atoms with E-state index in [0.29, 0.717) is 18.7 Å². The van der Waals surface area contributed by atoms with Crippen molar-refractivity contribution >= 4 is 31.3 Å². The average Bonchev–Trinajstić information content (AvgIpc) is 2.69. The van der Waals surface area contributed by atoms with Crippen molar-refractivity contribution in [1.29, 1.82) is 0 Å². The van der Waals surface area contributed by atoms with E-state index in [-0.39, 0.29) is 10.0 Å². The van der Waals surface area contributed by atoms with E-state index in [2.05, 4.69) is 5.10 Å². The fraction of sp³-hybridized carbons (Fsp3) is 0.308. The third kappa shape index (κ3) is 3.16. The molecule has 0 saturated carbocycles. The van der Waals surface area contributed by atoms with Gasteiger partial charge in [-0.15, -0.1) is 0 Å². The number of nitrogens with zero attached hydrogens (tertiary/aromatic N) is 2. The van der Waals surface area contributed by atoms with Gasteiger partial charge < -0.3 is 0 Å². The summed E-state index contributed by atoms with van der Waals surface area (Å²) in [6.07, 6.45) is 0.446. The Morgan fingerprint density at radius 3 is 2.30 bits per heavy atom. The summed E-state index contributed by atoms with van der Waals surface area (Å²) in [4.78, 5) is -0.0876. The van der Waals surface area contributed by atoms with Gasteiger partial charge in [-0.1, -0.05) is 48.4 Å². The van der Waals surface area contributed by atoms with Crippen LogP contribution in [0.25, 0.3) is 0 Å². The van der Waals surface area contributed by atoms with E-state index in [4.69, 9.17) is 22.3 Å². The molecule has 0 fully saturated rings. The Bertz CT molecular complexity index is 722. The predicted octanol–water partition coefficient (Wildman–Crippen LogP) is 3.38. The molecule has 0 aliphatic rings. The van der Waals surface area contributed by atoms with Crippen molar-refractivity contribution in [2.75, 3.05) is 0 Å². The molecule has 0 unspecified atom stereocenters. The Balaban J connectivity index is 2.43. The average molecular weight is 333 g/mol. The first-order valence-corrected chi connectivity index (χ1v) is 8.77. The van der Waals surface area contributed by atoms with Gasteiger partial charge in [0.1, 0.15) is 10.0 Å². The molecule has 2 rings (SSSR count). The van der Waals surface area contributed by atoms with E-state index >= 15 is 0 Å². The minimum atomic E-state index is -3.90. The van der Waals surface area contributed by atoms with Gasteiger partial charge in [0.2, 0.25) is 0 Å². The van der Waals surface area contributed by atoms with Gasteiger partial charge in [-0.05, 0) is 18.9 Å². The monoisotopic (exact) mass is 332 g/mol. The maximum absolute atomic E-state index is 11.6. The maximum atomic E-state index is 11.6. The fourth-order valence-corrected chi connectivity index (χ4v) is 3.80. The molecule has 0 N–H and O–H groups in total. The summed E-state index contributed by atoms with van der Waals surface area (Å²) >= 11 is 6.11. The molecule has 0 aliphatic heterocycles. The van der Waals surface area contributed by atoms with E-state index in [1.54, 1.807) is 6.92 Å². The van der Waals surface area contributed by atoms with Crippen LogP contribution in [0.3, 0.4) is 0 Å². The van der Waals surface area contributed by atoms with Crippen LogP contribution in [-0.2, 0) is 22.0 Å². The molecule has 20 heavy (non-hydrogen) atoms. The lowest BCUT2D eigenvalue weighted by atomic mass is 10.1. The van der Waals surface area contributed by atoms with Crippen LogP contribution < -0.4 is 0 Å². The van der Waals surface area contributed by atoms with E-state index in [1.165, 1.54) is 4.68 Å². The molecule has 0 radical (unpaired) electrons. The molecular formula is C13H14Cl2N2O2S. The van der Waals surface area contributed by atoms with Crippen molar-refractivity contribution in [2.24, 2.45) is 0 Å². The molecule has 1 aromatic heterocycles. The second-order valence-corrected chi connectivity index (χ2v) is 7.36. The lowest BCUT2D eigenvalue weighted by Crippen LogP contribution is -2.02. The highest BCUT2D eigenvalue weighted by Crippen LogP contribution is 2.29. The molecule has 0 saturated heterocycles. The Morgan fingerprint density at radius 2 is 1.85 bits per heavy atom. The lowest BCUT2D eigenvalue weighted by molar-refractivity contribution is 0.608. The Labute approximate surface area is 127 Å². The van der Waals surface area contributed by atoms with E-state index in [0.717, 1.165) is 11.1 Å². The van der Waals surface area contributed by atoms with Crippen molar-refractivity contribution < 1.29 is 8.42 Å². The van der Waals surface area contributed by atoms with Gasteiger partial charge in [0.15, 0.2) is 0 Å². The smallest absolute Gasteiger partial charge is 0.248 e. The highest BCUT2D eigenvalue weighted by Gasteiger charge is 2.25. The van der Waals surface area contributed by atoms with E-state index in [9.17, 15) is 8.42 Å². The van der Waals surface area contributed by atoms with Crippen LogP contribution in [0.4, 0.5) is 0 Å². The molecule has 0 atom stereocenters. The summed E-state index contributed by atoms with van der Waals surface area (Å²) in [5, 5.41) is 4.29. The normalized spacial score (nSPS) is 11.8. The first kappa shape index (κ1) is 15.4. The summed E-state index contributed by atoms with van der Waals surface area (Å²) in [7, 11) is 1.52. The Morgan fingerprint density at radius 1 is 1.25 bits per heavy atom. The van der Waals surface area contributed by atoms with Crippen LogP contribution >= 0.6 is 22.3 Å². The first-order valence-electron chi connectivity index (χ1n) is 6.08. The van der Waals surface area contributed by atoms with Crippen molar-refractivity contribution in [1.82, 2.24) is 9.78 Å². The quantitative estimate of drug-likeness (QED) is 0.806. The second-order valence-electron chi connectivity index (χ2n) is 4.50. The summed E-state index contributed by atoms with van der Waals surface area (Å²) in [5.41, 5.74) is 2.52. The number of aryl methyl sites for hydroxylation is 2. The highest BCUT2D eigenvalue weighted by atomic mass is 35.7. The zero-order chi connectivity index (χ0) is 14.9. The van der Waals surface area contributed by atoms with Gasteiger partial charge in [0, 0.05) is 10.7 Å². The molecule has 0 amide bonds. The topological polar surface area (TPSA) is 52.0 Å². The maximum Gasteiger partial charge on any atom is 0.266 e. The molecule has 1 heterocycles. The minimum absolute atomic E-state index is 0.0532. The molecule has 108 valence electrons. The number of halogens is 2. The predicted molar refractivity (Wildman–Crippen MR) is 79.9 cm³/mol. The van der Waals surface area contributed by atoms with Crippen molar-refractivity contribution in [2.45, 2.75) is 31.7 Å². The molecule has 4 nitrogen and oxygen atoms in total. The van der Waals surface area contributed by atoms with Crippen LogP contribution in [-0.4, -0.2) is 18.2 Å². The molecule has 7 heteroatoms. The molecule has 2 aromatic rings. The Hall–Kier alpha value is -1.04. The van der Waals surface area contributed by atoms with Crippen LogP contribution in [0.2, 0.25) is 5.15 Å². The number of benzene rings is 1. The molecule has 1 aromatic carbocycles. The number of hydrogen-bond donors (Lipinski definition) is 0. The van der Waals surface area contributed by atoms with Crippen molar-refractivity contribution in [3.63, 3.8) is 0 Å². The van der Waals surface area contributed by atoms with Crippen molar-refractivity contribution in [3.8, 4) is 0 Å². The van der Waals surface area contributed by atoms with Crippen LogP contribution in [0, 0.1) is 6.92 Å². The molecule has 0 spiro atoms. The standard InChI is InChI=1S/C13H14Cl2N2O2S/c1-3-11-12(20(15,18)19)13(14)17(16-11)8-10-6-4-9(2)5-7-10/h4-7H,3,8H2,1-2H3. The zero-order valence-corrected chi connectivity index (χ0v) is 13.4. The summed E-state index contributed by atoms with van der Waals surface area (Å²) in [6, 6.07) is 7.86. The first-order chi connectivity index (χ1) is 9.32. The van der Waals surface area contributed by atoms with Gasteiger partial charge in [-0.25, -0.2) is 13.1 Å². The largest absolute Gasteiger partial charge is 0.266 e. The van der Waals surface area contributed by atoms with Gasteiger partial charge in [0.05, 0.1) is 12.2 Å². The molecule has 0 aliphatic carbocycles. The number of hydrogen-bond acceptors (Lipinski definition) is 3. The fourth-order valence-electron chi connectivity index (χ4n) is 1.92. The van der Waals surface area contributed by atoms with Gasteiger partial charge in [-0.3, -0.25) is 0 Å². The lowest BCUT2D eigenvalue weighted by Gasteiger charge is -2.04. The summed E-state index contributed by atoms with van der Waals surface area (Å²) in [6.45, 7) is 4.21. The third-order valence-electron chi connectivity index (χ3n) is 2.95. The van der Waals surface area contributed by atoms with Crippen LogP contribution in [0.1, 0.15) is 23.7 Å². The summed E-state index contributed by atoms with van der Waals surface area (Å²) in [5.74, 6) is 0. The van der Waals surface area contributed by atoms with E-state index in [1.807, 2.05) is 31.2 Å².